The van der Waals surface area contributed by atoms with Crippen LogP contribution in [0.15, 0.2) is 73.3 Å². The summed E-state index contributed by atoms with van der Waals surface area (Å²) < 4.78 is 20.3. The number of fused-ring (bicyclic) bond motifs is 6. The summed E-state index contributed by atoms with van der Waals surface area (Å²) in [6.45, 7) is 18.8. The molecule has 5 heterocycles. The van der Waals surface area contributed by atoms with Crippen LogP contribution in [0.3, 0.4) is 0 Å². The number of hydrogen-bond acceptors (Lipinski definition) is 13. The van der Waals surface area contributed by atoms with E-state index in [4.69, 9.17) is 14.2 Å². The standard InChI is InChI=1S/C60H80N8O10/c1-10-51(69)66-25-22-60(75,37-66)58(74)64(8)53(39(3)4)55(71)61-49-33-40-31-43(34-44(32-40)78-52(70)20-24-65-28-26-63(7)27-29-65)42-18-19-50-46(35-42)47(54(67(50)11-2)45-16-13-12-15-41(45)21-30-76-9)36-59(5,6)38-77-57(73)48-17-14-23-68(62-48)56(49)72/h10,12-13,15-16,18-19,31-32,34-35,39,48-49,53,62,75H,1,11,14,17,20-30,33,36-38H2,2-9H3,(H,61,71)/t48-,49-,53-,60?/m0/s1. The summed E-state index contributed by atoms with van der Waals surface area (Å²) in [5.41, 5.74) is 8.16. The lowest BCUT2D eigenvalue weighted by atomic mass is 9.83. The van der Waals surface area contributed by atoms with Crippen LogP contribution in [0.2, 0.25) is 0 Å². The molecule has 420 valence electrons. The molecule has 4 aromatic rings. The molecule has 3 saturated heterocycles. The number of piperazine rings is 1. The van der Waals surface area contributed by atoms with Crippen LogP contribution in [0.1, 0.15) is 77.0 Å². The third-order valence-corrected chi connectivity index (χ3v) is 15.9. The average Bonchev–Trinajstić information content (AvgIpc) is 4.17. The SMILES string of the molecule is C=CC(=O)N1CCC(O)(C(=O)N(C)[C@H](C(=O)N[C@H]2Cc3cc(OC(=O)CCN4CCN(C)CC4)cc(c3)-c3ccc4c(c3)c(c(-c3ccccc3CCOC)n4CC)CC(C)(C)COC(=O)[C@@H]3CCCN(N3)C2=O)C(C)C)C1. The monoisotopic (exact) mass is 1070 g/mol. The van der Waals surface area contributed by atoms with Gasteiger partial charge in [-0.05, 0) is 104 Å². The lowest BCUT2D eigenvalue weighted by molar-refractivity contribution is -0.156. The van der Waals surface area contributed by atoms with E-state index in [1.807, 2.05) is 18.2 Å². The topological polar surface area (TPSA) is 196 Å². The summed E-state index contributed by atoms with van der Waals surface area (Å²) in [4.78, 5) is 91.7. The Morgan fingerprint density at radius 1 is 1.00 bits per heavy atom. The van der Waals surface area contributed by atoms with Gasteiger partial charge in [-0.25, -0.2) is 5.43 Å². The molecule has 78 heavy (non-hydrogen) atoms. The van der Waals surface area contributed by atoms with Crippen molar-refractivity contribution in [2.75, 3.05) is 86.8 Å². The molecule has 1 aromatic heterocycles. The maximum atomic E-state index is 15.1. The van der Waals surface area contributed by atoms with E-state index in [0.29, 0.717) is 50.9 Å². The highest BCUT2D eigenvalue weighted by Crippen LogP contribution is 2.42. The van der Waals surface area contributed by atoms with Gasteiger partial charge in [0.25, 0.3) is 11.8 Å². The number of aromatic nitrogens is 1. The Hall–Kier alpha value is -6.44. The molecule has 18 heteroatoms. The van der Waals surface area contributed by atoms with Gasteiger partial charge in [0.15, 0.2) is 5.60 Å². The predicted molar refractivity (Wildman–Crippen MR) is 298 cm³/mol. The Balaban J connectivity index is 1.24. The molecule has 0 saturated carbocycles. The number of β-amino-alcohol motifs (C(OH)–C–C–N with tert-alkyl or cyclic N) is 1. The molecule has 0 radical (unpaired) electrons. The Kier molecular flexibility index (Phi) is 18.3. The van der Waals surface area contributed by atoms with E-state index in [1.165, 1.54) is 21.9 Å². The summed E-state index contributed by atoms with van der Waals surface area (Å²) in [7, 11) is 5.23. The van der Waals surface area contributed by atoms with E-state index in [1.54, 1.807) is 27.0 Å². The third kappa shape index (κ3) is 13.0. The number of aryl methyl sites for hydroxylation is 1. The molecule has 6 bridgehead atoms. The number of rotatable bonds is 15. The Labute approximate surface area is 459 Å². The third-order valence-electron chi connectivity index (χ3n) is 15.9. The Morgan fingerprint density at radius 3 is 2.47 bits per heavy atom. The van der Waals surface area contributed by atoms with Crippen molar-refractivity contribution in [1.29, 1.82) is 0 Å². The first-order valence-corrected chi connectivity index (χ1v) is 27.7. The number of nitrogens with zero attached hydrogens (tertiary/aromatic N) is 6. The van der Waals surface area contributed by atoms with E-state index in [9.17, 15) is 29.1 Å². The van der Waals surface area contributed by atoms with Crippen LogP contribution in [0.4, 0.5) is 0 Å². The fourth-order valence-electron chi connectivity index (χ4n) is 11.7. The fraction of sp³-hybridized carbons (Fsp3) is 0.533. The maximum absolute atomic E-state index is 15.1. The minimum Gasteiger partial charge on any atom is -0.464 e. The zero-order chi connectivity index (χ0) is 56.1. The van der Waals surface area contributed by atoms with Gasteiger partial charge in [0, 0.05) is 101 Å². The van der Waals surface area contributed by atoms with Gasteiger partial charge in [-0.1, -0.05) is 70.7 Å². The molecule has 4 atom stereocenters. The van der Waals surface area contributed by atoms with E-state index in [0.717, 1.165) is 76.7 Å². The van der Waals surface area contributed by atoms with E-state index in [-0.39, 0.29) is 51.3 Å². The quantitative estimate of drug-likeness (QED) is 0.0818. The first-order chi connectivity index (χ1) is 37.2. The molecule has 4 amide bonds. The van der Waals surface area contributed by atoms with Crippen LogP contribution >= 0.6 is 0 Å². The van der Waals surface area contributed by atoms with Crippen molar-refractivity contribution in [2.24, 2.45) is 11.3 Å². The van der Waals surface area contributed by atoms with E-state index < -0.39 is 70.6 Å². The summed E-state index contributed by atoms with van der Waals surface area (Å²) in [5, 5.41) is 17.0. The molecule has 18 nitrogen and oxygen atoms in total. The predicted octanol–water partition coefficient (Wildman–Crippen LogP) is 5.01. The van der Waals surface area contributed by atoms with Gasteiger partial charge >= 0.3 is 11.9 Å². The number of likely N-dealkylation sites (tertiary alicyclic amines) is 1. The van der Waals surface area contributed by atoms with Crippen molar-refractivity contribution in [1.82, 2.24) is 39.9 Å². The number of hydrazine groups is 1. The number of aliphatic hydroxyl groups is 1. The number of esters is 2. The Bertz CT molecular complexity index is 2890. The number of carbonyl (C=O) groups excluding carboxylic acids is 6. The number of ether oxygens (including phenoxy) is 3. The number of likely N-dealkylation sites (N-methyl/N-ethyl adjacent to an activating group) is 2. The lowest BCUT2D eigenvalue weighted by Crippen LogP contribution is -2.63. The molecule has 3 fully saturated rings. The molecule has 0 spiro atoms. The molecule has 1 unspecified atom stereocenters. The molecule has 0 aliphatic carbocycles. The van der Waals surface area contributed by atoms with Crippen LogP contribution in [-0.2, 0) is 64.0 Å². The van der Waals surface area contributed by atoms with Gasteiger partial charge in [0.2, 0.25) is 11.8 Å². The zero-order valence-electron chi connectivity index (χ0n) is 46.9. The van der Waals surface area contributed by atoms with Crippen molar-refractivity contribution < 1.29 is 48.1 Å². The molecule has 3 aromatic carbocycles. The van der Waals surface area contributed by atoms with Crippen molar-refractivity contribution in [2.45, 2.75) is 110 Å². The number of amides is 4. The molecule has 3 N–H and O–H groups in total. The number of carbonyl (C=O) groups is 6. The molecule has 8 rings (SSSR count). The fourth-order valence-corrected chi connectivity index (χ4v) is 11.7. The highest BCUT2D eigenvalue weighted by Gasteiger charge is 2.48. The first-order valence-electron chi connectivity index (χ1n) is 27.7. The molecule has 4 aliphatic rings. The Morgan fingerprint density at radius 2 is 1.76 bits per heavy atom. The number of methoxy groups -OCH3 is 1. The largest absolute Gasteiger partial charge is 0.464 e. The van der Waals surface area contributed by atoms with Gasteiger partial charge in [-0.2, -0.15) is 0 Å². The second-order valence-electron chi connectivity index (χ2n) is 22.8. The summed E-state index contributed by atoms with van der Waals surface area (Å²) in [5.74, 6) is -3.48. The second kappa shape index (κ2) is 24.7. The van der Waals surface area contributed by atoms with Crippen LogP contribution in [-0.4, -0.2) is 180 Å². The first kappa shape index (κ1) is 57.7. The lowest BCUT2D eigenvalue weighted by Gasteiger charge is -2.37. The zero-order valence-corrected chi connectivity index (χ0v) is 46.9. The van der Waals surface area contributed by atoms with Gasteiger partial charge in [-0.3, -0.25) is 33.8 Å². The van der Waals surface area contributed by atoms with Gasteiger partial charge in [-0.15, -0.1) is 0 Å². The summed E-state index contributed by atoms with van der Waals surface area (Å²) in [6, 6.07) is 16.9. The summed E-state index contributed by atoms with van der Waals surface area (Å²) >= 11 is 0. The molecular formula is C60H80N8O10. The van der Waals surface area contributed by atoms with Gasteiger partial charge < -0.3 is 48.8 Å². The van der Waals surface area contributed by atoms with E-state index in [2.05, 4.69) is 95.9 Å². The van der Waals surface area contributed by atoms with Gasteiger partial charge in [0.05, 0.1) is 31.9 Å². The highest BCUT2D eigenvalue weighted by molar-refractivity contribution is 5.97. The van der Waals surface area contributed by atoms with Crippen molar-refractivity contribution in [3.8, 4) is 28.1 Å². The van der Waals surface area contributed by atoms with Crippen molar-refractivity contribution in [3.05, 3.63) is 90.0 Å². The van der Waals surface area contributed by atoms with Crippen molar-refractivity contribution in [3.63, 3.8) is 0 Å². The van der Waals surface area contributed by atoms with Crippen molar-refractivity contribution >= 4 is 46.5 Å². The molecule has 4 aliphatic heterocycles. The van der Waals surface area contributed by atoms with Crippen LogP contribution in [0.25, 0.3) is 33.3 Å². The minimum absolute atomic E-state index is 0.0349. The summed E-state index contributed by atoms with van der Waals surface area (Å²) in [6.07, 6.45) is 3.29. The van der Waals surface area contributed by atoms with Crippen LogP contribution in [0, 0.1) is 11.3 Å². The minimum atomic E-state index is -1.95. The second-order valence-corrected chi connectivity index (χ2v) is 22.8. The van der Waals surface area contributed by atoms with E-state index >= 15 is 4.79 Å². The average molecular weight is 1070 g/mol. The number of benzene rings is 3. The number of cyclic esters (lactones) is 1. The van der Waals surface area contributed by atoms with Crippen LogP contribution < -0.4 is 15.5 Å². The smallest absolute Gasteiger partial charge is 0.324 e. The normalized spacial score (nSPS) is 21.7. The number of hydrogen-bond donors (Lipinski definition) is 3. The van der Waals surface area contributed by atoms with Gasteiger partial charge in [0.1, 0.15) is 23.9 Å². The van der Waals surface area contributed by atoms with Crippen LogP contribution in [0.5, 0.6) is 5.75 Å². The highest BCUT2D eigenvalue weighted by atomic mass is 16.5. The maximum Gasteiger partial charge on any atom is 0.324 e. The molecular weight excluding hydrogens is 993 g/mol. The number of nitrogens with one attached hydrogen (secondary N) is 2.